The summed E-state index contributed by atoms with van der Waals surface area (Å²) in [4.78, 5) is 12.6. The van der Waals surface area contributed by atoms with E-state index in [1.165, 1.54) is 18.2 Å². The number of carbonyl (C=O) groups is 1. The van der Waals surface area contributed by atoms with Crippen LogP contribution in [0.4, 0.5) is 14.6 Å². The third-order valence-corrected chi connectivity index (χ3v) is 5.14. The fourth-order valence-electron chi connectivity index (χ4n) is 3.10. The Balaban J connectivity index is 1.44. The number of amides is 1. The van der Waals surface area contributed by atoms with Crippen LogP contribution in [0.1, 0.15) is 11.1 Å². The zero-order valence-corrected chi connectivity index (χ0v) is 16.2. The second-order valence-corrected chi connectivity index (χ2v) is 7.42. The van der Waals surface area contributed by atoms with Gasteiger partial charge in [-0.3, -0.25) is 9.48 Å². The van der Waals surface area contributed by atoms with Gasteiger partial charge in [-0.1, -0.05) is 24.3 Å². The van der Waals surface area contributed by atoms with Gasteiger partial charge in [-0.05, 0) is 40.0 Å². The van der Waals surface area contributed by atoms with Crippen LogP contribution in [0.3, 0.4) is 0 Å². The molecule has 1 aliphatic heterocycles. The molecule has 2 heterocycles. The summed E-state index contributed by atoms with van der Waals surface area (Å²) in [6, 6.07) is 10.8. The quantitative estimate of drug-likeness (QED) is 0.653. The van der Waals surface area contributed by atoms with Crippen molar-refractivity contribution in [3.05, 3.63) is 75.9 Å². The largest absolute Gasteiger partial charge is 0.492 e. The number of rotatable bonds is 4. The molecular formula is C20H16BrF2N3O2. The predicted octanol–water partition coefficient (Wildman–Crippen LogP) is 4.16. The van der Waals surface area contributed by atoms with Gasteiger partial charge in [0.1, 0.15) is 24.0 Å². The summed E-state index contributed by atoms with van der Waals surface area (Å²) >= 11 is 3.37. The molecule has 0 fully saturated rings. The van der Waals surface area contributed by atoms with Crippen LogP contribution in [0.15, 0.2) is 53.1 Å². The molecule has 2 aromatic carbocycles. The van der Waals surface area contributed by atoms with Crippen LogP contribution < -0.4 is 10.1 Å². The van der Waals surface area contributed by atoms with Gasteiger partial charge in [-0.2, -0.15) is 5.10 Å². The molecule has 1 amide bonds. The maximum atomic E-state index is 13.8. The van der Waals surface area contributed by atoms with Gasteiger partial charge in [-0.15, -0.1) is 0 Å². The molecule has 1 unspecified atom stereocenters. The van der Waals surface area contributed by atoms with Crippen LogP contribution in [-0.4, -0.2) is 22.3 Å². The molecular weight excluding hydrogens is 432 g/mol. The molecule has 0 aliphatic carbocycles. The number of hydrogen-bond acceptors (Lipinski definition) is 3. The fourth-order valence-corrected chi connectivity index (χ4v) is 3.51. The minimum Gasteiger partial charge on any atom is -0.492 e. The van der Waals surface area contributed by atoms with Crippen molar-refractivity contribution < 1.29 is 18.3 Å². The van der Waals surface area contributed by atoms with Gasteiger partial charge in [0, 0.05) is 17.8 Å². The van der Waals surface area contributed by atoms with Gasteiger partial charge in [0.25, 0.3) is 0 Å². The lowest BCUT2D eigenvalue weighted by atomic mass is 9.96. The first kappa shape index (κ1) is 18.6. The van der Waals surface area contributed by atoms with Crippen molar-refractivity contribution >= 4 is 27.7 Å². The molecule has 3 aromatic rings. The van der Waals surface area contributed by atoms with Gasteiger partial charge in [0.15, 0.2) is 5.82 Å². The Morgan fingerprint density at radius 1 is 1.29 bits per heavy atom. The van der Waals surface area contributed by atoms with Crippen molar-refractivity contribution in [1.29, 1.82) is 0 Å². The number of anilines is 1. The Morgan fingerprint density at radius 2 is 2.11 bits per heavy atom. The Labute approximate surface area is 168 Å². The van der Waals surface area contributed by atoms with Gasteiger partial charge >= 0.3 is 0 Å². The van der Waals surface area contributed by atoms with E-state index in [1.807, 2.05) is 0 Å². The van der Waals surface area contributed by atoms with E-state index in [1.54, 1.807) is 35.1 Å². The number of fused-ring (bicyclic) bond motifs is 1. The molecule has 144 valence electrons. The number of aromatic nitrogens is 2. The lowest BCUT2D eigenvalue weighted by molar-refractivity contribution is -0.121. The number of carbonyl (C=O) groups excluding carboxylic acids is 1. The average Bonchev–Trinajstić information content (AvgIpc) is 3.02. The van der Waals surface area contributed by atoms with Crippen molar-refractivity contribution in [2.75, 3.05) is 11.9 Å². The van der Waals surface area contributed by atoms with E-state index < -0.39 is 5.92 Å². The number of nitrogens with zero attached hydrogens (tertiary/aromatic N) is 2. The van der Waals surface area contributed by atoms with Crippen LogP contribution in [0, 0.1) is 17.6 Å². The number of hydrogen-bond donors (Lipinski definition) is 1. The third kappa shape index (κ3) is 3.91. The molecule has 0 radical (unpaired) electrons. The standard InChI is InChI=1S/C20H16BrF2N3O2/c21-16-10-26(9-13-3-1-2-4-17(13)23)25-19(16)24-20(27)14-7-12-5-6-15(22)8-18(12)28-11-14/h1-6,8,10,14H,7,9,11H2,(H,24,25,27). The Morgan fingerprint density at radius 3 is 2.93 bits per heavy atom. The highest BCUT2D eigenvalue weighted by Gasteiger charge is 2.27. The van der Waals surface area contributed by atoms with Gasteiger partial charge in [0.05, 0.1) is 16.9 Å². The average molecular weight is 448 g/mol. The summed E-state index contributed by atoms with van der Waals surface area (Å²) in [6.45, 7) is 0.405. The molecule has 4 rings (SSSR count). The SMILES string of the molecule is O=C(Nc1nn(Cc2ccccc2F)cc1Br)C1COc2cc(F)ccc2C1. The summed E-state index contributed by atoms with van der Waals surface area (Å²) in [7, 11) is 0. The predicted molar refractivity (Wildman–Crippen MR) is 103 cm³/mol. The summed E-state index contributed by atoms with van der Waals surface area (Å²) in [5, 5.41) is 7.10. The Bertz CT molecular complexity index is 1040. The van der Waals surface area contributed by atoms with E-state index in [4.69, 9.17) is 4.74 Å². The first-order chi connectivity index (χ1) is 13.5. The van der Waals surface area contributed by atoms with Gasteiger partial charge in [0.2, 0.25) is 5.91 Å². The van der Waals surface area contributed by atoms with Crippen molar-refractivity contribution in [3.63, 3.8) is 0 Å². The zero-order valence-electron chi connectivity index (χ0n) is 14.7. The number of ether oxygens (including phenoxy) is 1. The summed E-state index contributed by atoms with van der Waals surface area (Å²) < 4.78 is 34.8. The highest BCUT2D eigenvalue weighted by molar-refractivity contribution is 9.10. The second kappa shape index (κ2) is 7.71. The van der Waals surface area contributed by atoms with E-state index in [-0.39, 0.29) is 30.7 Å². The van der Waals surface area contributed by atoms with E-state index in [2.05, 4.69) is 26.3 Å². The lowest BCUT2D eigenvalue weighted by Gasteiger charge is -2.24. The van der Waals surface area contributed by atoms with E-state index in [0.717, 1.165) is 5.56 Å². The molecule has 1 N–H and O–H groups in total. The molecule has 1 aliphatic rings. The maximum absolute atomic E-state index is 13.8. The zero-order chi connectivity index (χ0) is 19.7. The normalized spacial score (nSPS) is 15.6. The minimum absolute atomic E-state index is 0.163. The highest BCUT2D eigenvalue weighted by Crippen LogP contribution is 2.29. The highest BCUT2D eigenvalue weighted by atomic mass is 79.9. The minimum atomic E-state index is -0.415. The summed E-state index contributed by atoms with van der Waals surface area (Å²) in [6.07, 6.45) is 2.13. The van der Waals surface area contributed by atoms with Crippen LogP contribution in [-0.2, 0) is 17.8 Å². The van der Waals surface area contributed by atoms with E-state index in [0.29, 0.717) is 28.0 Å². The molecule has 0 saturated carbocycles. The molecule has 8 heteroatoms. The summed E-state index contributed by atoms with van der Waals surface area (Å²) in [5.74, 6) is -0.515. The molecule has 28 heavy (non-hydrogen) atoms. The Hall–Kier alpha value is -2.74. The summed E-state index contributed by atoms with van der Waals surface area (Å²) in [5.41, 5.74) is 1.29. The van der Waals surface area contributed by atoms with Crippen LogP contribution in [0.2, 0.25) is 0 Å². The molecule has 0 bridgehead atoms. The lowest BCUT2D eigenvalue weighted by Crippen LogP contribution is -2.32. The van der Waals surface area contributed by atoms with E-state index >= 15 is 0 Å². The first-order valence-electron chi connectivity index (χ1n) is 8.68. The van der Waals surface area contributed by atoms with Crippen LogP contribution in [0.25, 0.3) is 0 Å². The number of halogens is 3. The number of benzene rings is 2. The third-order valence-electron chi connectivity index (χ3n) is 4.56. The maximum Gasteiger partial charge on any atom is 0.232 e. The molecule has 0 saturated heterocycles. The first-order valence-corrected chi connectivity index (χ1v) is 9.47. The van der Waals surface area contributed by atoms with Crippen LogP contribution in [0.5, 0.6) is 5.75 Å². The second-order valence-electron chi connectivity index (χ2n) is 6.57. The van der Waals surface area contributed by atoms with E-state index in [9.17, 15) is 13.6 Å². The van der Waals surface area contributed by atoms with Crippen molar-refractivity contribution in [1.82, 2.24) is 9.78 Å². The molecule has 5 nitrogen and oxygen atoms in total. The van der Waals surface area contributed by atoms with Crippen molar-refractivity contribution in [2.24, 2.45) is 5.92 Å². The fraction of sp³-hybridized carbons (Fsp3) is 0.200. The van der Waals surface area contributed by atoms with Gasteiger partial charge < -0.3 is 10.1 Å². The van der Waals surface area contributed by atoms with Crippen molar-refractivity contribution in [2.45, 2.75) is 13.0 Å². The van der Waals surface area contributed by atoms with Crippen molar-refractivity contribution in [3.8, 4) is 5.75 Å². The topological polar surface area (TPSA) is 56.2 Å². The number of nitrogens with one attached hydrogen (secondary N) is 1. The molecule has 0 spiro atoms. The van der Waals surface area contributed by atoms with Gasteiger partial charge in [-0.25, -0.2) is 8.78 Å². The Kier molecular flexibility index (Phi) is 5.13. The smallest absolute Gasteiger partial charge is 0.232 e. The monoisotopic (exact) mass is 447 g/mol. The van der Waals surface area contributed by atoms with Crippen LogP contribution >= 0.6 is 15.9 Å². The molecule has 1 atom stereocenters. The molecule has 1 aromatic heterocycles.